The van der Waals surface area contributed by atoms with Gasteiger partial charge >= 0.3 is 13.6 Å². The van der Waals surface area contributed by atoms with Gasteiger partial charge in [-0.05, 0) is 6.42 Å². The average molecular weight is 738 g/mol. The molecule has 2 unspecified atom stereocenters. The van der Waals surface area contributed by atoms with Gasteiger partial charge in [0.25, 0.3) is 5.56 Å². The predicted molar refractivity (Wildman–Crippen MR) is 166 cm³/mol. The van der Waals surface area contributed by atoms with Gasteiger partial charge in [-0.2, -0.15) is 4.98 Å². The summed E-state index contributed by atoms with van der Waals surface area (Å²) in [6.45, 7) is -8.29. The van der Waals surface area contributed by atoms with Crippen molar-refractivity contribution in [3.05, 3.63) is 35.0 Å². The van der Waals surface area contributed by atoms with Gasteiger partial charge < -0.3 is 25.5 Å². The van der Waals surface area contributed by atoms with Gasteiger partial charge in [0.05, 0.1) is 24.9 Å². The molecule has 5 N–H and O–H groups in total. The van der Waals surface area contributed by atoms with Crippen LogP contribution in [0.2, 0.25) is 0 Å². The molecular weight excluding hydrogens is 710 g/mol. The molecule has 0 spiro atoms. The highest BCUT2D eigenvalue weighted by atomic mass is 32.7. The third-order valence-electron chi connectivity index (χ3n) is 8.25. The Morgan fingerprint density at radius 1 is 1.13 bits per heavy atom. The number of nitrogens with one attached hydrogen (secondary N) is 1. The molecule has 0 saturated carbocycles. The van der Waals surface area contributed by atoms with Crippen LogP contribution >= 0.6 is 38.1 Å². The Kier molecular flexibility index (Phi) is 8.22. The summed E-state index contributed by atoms with van der Waals surface area (Å²) in [6, 6.07) is 0. The minimum Gasteiger partial charge on any atom is -0.383 e. The van der Waals surface area contributed by atoms with Crippen molar-refractivity contribution >= 4 is 72.1 Å². The number of nitrogens with zero attached hydrogens (tertiary/aromatic N) is 6. The van der Waals surface area contributed by atoms with E-state index in [4.69, 9.17) is 39.0 Å². The van der Waals surface area contributed by atoms with Crippen molar-refractivity contribution in [2.24, 2.45) is 0 Å². The maximum atomic E-state index is 16.0. The van der Waals surface area contributed by atoms with Gasteiger partial charge in [-0.15, -0.1) is 0 Å². The van der Waals surface area contributed by atoms with E-state index < -0.39 is 80.7 Å². The highest BCUT2D eigenvalue weighted by molar-refractivity contribution is 8.44. The molecule has 0 radical (unpaired) electrons. The molecule has 9 atom stereocenters. The predicted octanol–water partition coefficient (Wildman–Crippen LogP) is 3.06. The minimum atomic E-state index is -4.47. The Bertz CT molecular complexity index is 2040. The van der Waals surface area contributed by atoms with E-state index in [9.17, 15) is 18.3 Å². The molecule has 0 amide bonds. The van der Waals surface area contributed by atoms with Crippen molar-refractivity contribution in [1.82, 2.24) is 34.1 Å². The van der Waals surface area contributed by atoms with E-state index in [1.165, 1.54) is 9.13 Å². The van der Waals surface area contributed by atoms with Gasteiger partial charge in [0, 0.05) is 12.6 Å². The van der Waals surface area contributed by atoms with Crippen molar-refractivity contribution in [2.75, 3.05) is 24.7 Å². The topological polar surface area (TPSA) is 236 Å². The number of nitrogen functional groups attached to an aromatic ring is 2. The van der Waals surface area contributed by atoms with Crippen molar-refractivity contribution in [3.63, 3.8) is 0 Å². The molecule has 2 bridgehead atoms. The Hall–Kier alpha value is -2.65. The van der Waals surface area contributed by atoms with Gasteiger partial charge in [-0.3, -0.25) is 32.4 Å². The third-order valence-corrected chi connectivity index (χ3v) is 11.5. The van der Waals surface area contributed by atoms with Crippen LogP contribution in [0.1, 0.15) is 32.2 Å². The van der Waals surface area contributed by atoms with Crippen LogP contribution < -0.4 is 17.0 Å². The van der Waals surface area contributed by atoms with Crippen LogP contribution in [-0.2, 0) is 36.7 Å². The summed E-state index contributed by atoms with van der Waals surface area (Å²) >= 11 is 8.23. The third kappa shape index (κ3) is 5.77. The fourth-order valence-corrected chi connectivity index (χ4v) is 8.96. The smallest absolute Gasteiger partial charge is 0.383 e. The van der Waals surface area contributed by atoms with Crippen LogP contribution in [0.25, 0.3) is 22.2 Å². The number of anilines is 2. The van der Waals surface area contributed by atoms with Crippen molar-refractivity contribution in [1.29, 1.82) is 0 Å². The lowest BCUT2D eigenvalue weighted by Gasteiger charge is -2.34. The van der Waals surface area contributed by atoms with Crippen molar-refractivity contribution < 1.29 is 45.5 Å². The molecule has 4 aromatic rings. The van der Waals surface area contributed by atoms with E-state index in [0.29, 0.717) is 0 Å². The quantitative estimate of drug-likeness (QED) is 0.150. The minimum absolute atomic E-state index is 0.0311. The van der Waals surface area contributed by atoms with Crippen LogP contribution in [-0.4, -0.2) is 77.4 Å². The average Bonchev–Trinajstić information content (AvgIpc) is 3.74. The second-order valence-electron chi connectivity index (χ2n) is 11.0. The summed E-state index contributed by atoms with van der Waals surface area (Å²) in [5, 5.41) is -0.0311. The van der Waals surface area contributed by atoms with Crippen LogP contribution in [0.5, 0.6) is 0 Å². The molecule has 18 nitrogen and oxygen atoms in total. The maximum absolute atomic E-state index is 16.0. The summed E-state index contributed by atoms with van der Waals surface area (Å²) in [7, 11) is 0. The number of hydrogen-bond acceptors (Lipinski definition) is 15. The largest absolute Gasteiger partial charge is 0.386 e. The summed E-state index contributed by atoms with van der Waals surface area (Å²) in [5.74, 6) is -1.05. The first-order valence-corrected chi connectivity index (χ1v) is 19.4. The first kappa shape index (κ1) is 32.9. The molecule has 3 aliphatic heterocycles. The number of thiol groups is 2. The number of hydrogen-bond donors (Lipinski definition) is 5. The zero-order valence-electron chi connectivity index (χ0n) is 24.1. The molecule has 3 fully saturated rings. The summed E-state index contributed by atoms with van der Waals surface area (Å²) in [6.07, 6.45) is -5.32. The zero-order chi connectivity index (χ0) is 33.5. The van der Waals surface area contributed by atoms with Crippen LogP contribution in [0.3, 0.4) is 0 Å². The highest BCUT2D eigenvalue weighted by Crippen LogP contribution is 2.62. The molecule has 0 aliphatic carbocycles. The summed E-state index contributed by atoms with van der Waals surface area (Å²) in [4.78, 5) is 30.7. The second-order valence-corrected chi connectivity index (χ2v) is 16.8. The molecule has 0 aromatic carbocycles. The molecule has 3 saturated heterocycles. The number of aromatic nitrogens is 7. The van der Waals surface area contributed by atoms with Crippen molar-refractivity contribution in [3.8, 4) is 0 Å². The van der Waals surface area contributed by atoms with Crippen LogP contribution in [0.15, 0.2) is 23.6 Å². The van der Waals surface area contributed by atoms with Gasteiger partial charge in [0.15, 0.2) is 35.0 Å². The number of aromatic amines is 1. The molecule has 24 heteroatoms. The fourth-order valence-electron chi connectivity index (χ4n) is 5.95. The van der Waals surface area contributed by atoms with Crippen LogP contribution in [0.4, 0.5) is 20.5 Å². The van der Waals surface area contributed by atoms with E-state index in [1.54, 1.807) is 6.92 Å². The standard InChI is InChI=1S/C23H27F2N9O9P2S2/c1-2-23-6-39-45(37,47)43-16-14(25)10(40-21(16)34-8-30-15-19(34)31-22(27)32-20(15)35)5-38-44(36,46)42-11(23)3-12(41-23)33-4-9(24)13-17(26)28-7-29-18(13)33/h4,7-8,10-12,14,16,21H,2-3,5-6H2,1H3,(H,36,46)(H,37,47)(H2,26,28,29)(H3,27,31,32,35)/t10-,11+,12-,14-,16-,21-,23-,44?,45?/m1/s1. The number of nitrogens with two attached hydrogens (primary N) is 2. The van der Waals surface area contributed by atoms with E-state index in [-0.39, 0.29) is 46.8 Å². The SMILES string of the molecule is CC[C@@]12COP(=O)(S)O[C@@H]3[C@H](F)[C@@H](COP(=O)(S)O[C@H]1C[C@H](n1cc(F)c4c(N)ncnc41)O2)O[C@H]3n1cnc2c(=O)[nH]c(N)nc21. The number of halogens is 2. The molecule has 254 valence electrons. The first-order chi connectivity index (χ1) is 22.2. The Morgan fingerprint density at radius 3 is 2.66 bits per heavy atom. The number of alkyl halides is 1. The maximum Gasteiger partial charge on any atom is 0.386 e. The molecule has 7 rings (SSSR count). The number of rotatable bonds is 3. The number of fused-ring (bicyclic) bond motifs is 5. The lowest BCUT2D eigenvalue weighted by atomic mass is 9.95. The fraction of sp³-hybridized carbons (Fsp3) is 0.522. The lowest BCUT2D eigenvalue weighted by Crippen LogP contribution is -2.44. The van der Waals surface area contributed by atoms with E-state index in [0.717, 1.165) is 18.9 Å². The normalized spacial score (nSPS) is 36.6. The summed E-state index contributed by atoms with van der Waals surface area (Å²) in [5.41, 5.74) is 9.28. The van der Waals surface area contributed by atoms with E-state index in [2.05, 4.69) is 49.4 Å². The highest BCUT2D eigenvalue weighted by Gasteiger charge is 2.55. The second kappa shape index (κ2) is 11.7. The molecule has 4 aromatic heterocycles. The van der Waals surface area contributed by atoms with Gasteiger partial charge in [-0.1, -0.05) is 31.4 Å². The van der Waals surface area contributed by atoms with Gasteiger partial charge in [0.1, 0.15) is 42.3 Å². The van der Waals surface area contributed by atoms with Crippen molar-refractivity contribution in [2.45, 2.75) is 62.3 Å². The molecule has 47 heavy (non-hydrogen) atoms. The van der Waals surface area contributed by atoms with E-state index in [1.807, 2.05) is 0 Å². The van der Waals surface area contributed by atoms with Gasteiger partial charge in [-0.25, -0.2) is 32.9 Å². The lowest BCUT2D eigenvalue weighted by molar-refractivity contribution is -0.122. The Morgan fingerprint density at radius 2 is 1.89 bits per heavy atom. The number of H-pyrrole nitrogens is 1. The zero-order valence-corrected chi connectivity index (χ0v) is 27.7. The Labute approximate surface area is 273 Å². The van der Waals surface area contributed by atoms with Gasteiger partial charge in [0.2, 0.25) is 5.95 Å². The first-order valence-electron chi connectivity index (χ1n) is 14.0. The summed E-state index contributed by atoms with van der Waals surface area (Å²) < 4.78 is 95.6. The number of imidazole rings is 1. The molecular formula is C23H27F2N9O9P2S2. The monoisotopic (exact) mass is 737 g/mol. The Balaban J connectivity index is 1.24. The van der Waals surface area contributed by atoms with Crippen LogP contribution in [0, 0.1) is 5.82 Å². The molecule has 7 heterocycles. The molecule has 3 aliphatic rings. The number of ether oxygens (including phenoxy) is 2. The van der Waals surface area contributed by atoms with E-state index >= 15 is 4.39 Å².